The maximum absolute atomic E-state index is 11.2. The predicted molar refractivity (Wildman–Crippen MR) is 81.5 cm³/mol. The van der Waals surface area contributed by atoms with Crippen LogP contribution in [0.3, 0.4) is 0 Å². The number of halogens is 2. The van der Waals surface area contributed by atoms with Crippen LogP contribution >= 0.6 is 24.8 Å². The first kappa shape index (κ1) is 17.7. The van der Waals surface area contributed by atoms with Crippen molar-refractivity contribution in [3.8, 4) is 0 Å². The molecule has 19 heavy (non-hydrogen) atoms. The molecule has 0 atom stereocenters. The molecule has 106 valence electrons. The van der Waals surface area contributed by atoms with Gasteiger partial charge in [0.25, 0.3) is 0 Å². The van der Waals surface area contributed by atoms with Crippen LogP contribution in [0.15, 0.2) is 18.3 Å². The number of fused-ring (bicyclic) bond motifs is 1. The van der Waals surface area contributed by atoms with Crippen molar-refractivity contribution in [2.75, 3.05) is 11.9 Å². The third kappa shape index (κ3) is 3.59. The number of pyridine rings is 1. The Balaban J connectivity index is 0.00000162. The molecule has 3 N–H and O–H groups in total. The number of nitrogens with one attached hydrogen (secondary N) is 1. The Labute approximate surface area is 124 Å². The van der Waals surface area contributed by atoms with Crippen molar-refractivity contribution in [3.05, 3.63) is 29.7 Å². The summed E-state index contributed by atoms with van der Waals surface area (Å²) in [7, 11) is 0. The van der Waals surface area contributed by atoms with E-state index < -0.39 is 0 Å². The van der Waals surface area contributed by atoms with Crippen LogP contribution in [0, 0.1) is 6.92 Å². The largest absolute Gasteiger partial charge is 0.324 e. The van der Waals surface area contributed by atoms with Gasteiger partial charge in [-0.1, -0.05) is 6.92 Å². The molecule has 7 heteroatoms. The second-order valence-electron chi connectivity index (χ2n) is 3.90. The van der Waals surface area contributed by atoms with E-state index in [0.29, 0.717) is 0 Å². The number of amides is 1. The molecular formula is C12H18Cl2N4O. The number of carbonyl (C=O) groups is 1. The summed E-state index contributed by atoms with van der Waals surface area (Å²) in [6, 6.07) is 3.72. The normalized spacial score (nSPS) is 9.63. The van der Waals surface area contributed by atoms with Crippen LogP contribution in [-0.2, 0) is 11.2 Å². The zero-order chi connectivity index (χ0) is 12.4. The maximum Gasteiger partial charge on any atom is 0.238 e. The molecule has 0 aliphatic heterocycles. The molecule has 2 heterocycles. The summed E-state index contributed by atoms with van der Waals surface area (Å²) in [6.07, 6.45) is 2.78. The fourth-order valence-electron chi connectivity index (χ4n) is 1.92. The van der Waals surface area contributed by atoms with Crippen molar-refractivity contribution in [3.63, 3.8) is 0 Å². The molecule has 0 aromatic carbocycles. The Hall–Kier alpha value is -1.30. The number of rotatable bonds is 3. The molecule has 0 unspecified atom stereocenters. The highest BCUT2D eigenvalue weighted by Crippen LogP contribution is 2.16. The van der Waals surface area contributed by atoms with E-state index in [0.717, 1.165) is 29.1 Å². The highest BCUT2D eigenvalue weighted by atomic mass is 35.5. The van der Waals surface area contributed by atoms with Crippen LogP contribution in [0.5, 0.6) is 0 Å². The fourth-order valence-corrected chi connectivity index (χ4v) is 1.92. The highest BCUT2D eigenvalue weighted by Gasteiger charge is 2.07. The van der Waals surface area contributed by atoms with Crippen molar-refractivity contribution in [2.45, 2.75) is 20.3 Å². The lowest BCUT2D eigenvalue weighted by molar-refractivity contribution is -0.114. The van der Waals surface area contributed by atoms with Crippen LogP contribution in [0.1, 0.15) is 18.3 Å². The first-order valence-electron chi connectivity index (χ1n) is 5.63. The molecule has 2 aromatic rings. The number of aromatic nitrogens is 2. The van der Waals surface area contributed by atoms with Crippen molar-refractivity contribution >= 4 is 42.1 Å². The molecule has 2 rings (SSSR count). The molecular weight excluding hydrogens is 287 g/mol. The van der Waals surface area contributed by atoms with E-state index in [4.69, 9.17) is 5.73 Å². The zero-order valence-electron chi connectivity index (χ0n) is 10.8. The Morgan fingerprint density at radius 1 is 1.42 bits per heavy atom. The first-order valence-corrected chi connectivity index (χ1v) is 5.63. The van der Waals surface area contributed by atoms with Gasteiger partial charge in [0.15, 0.2) is 0 Å². The standard InChI is InChI=1S/C12H16N4O.2ClH/c1-3-10-8(2)14-11-5-4-9(7-16(10)11)15-12(17)6-13;;/h4-5,7H,3,6,13H2,1-2H3,(H,15,17);2*1H. The molecule has 0 aliphatic rings. The van der Waals surface area contributed by atoms with Crippen LogP contribution in [-0.4, -0.2) is 21.8 Å². The van der Waals surface area contributed by atoms with E-state index in [1.807, 2.05) is 29.7 Å². The lowest BCUT2D eigenvalue weighted by Crippen LogP contribution is -2.21. The van der Waals surface area contributed by atoms with Crippen LogP contribution in [0.4, 0.5) is 5.69 Å². The molecule has 2 aromatic heterocycles. The number of nitrogens with two attached hydrogens (primary N) is 1. The second-order valence-corrected chi connectivity index (χ2v) is 3.90. The van der Waals surface area contributed by atoms with Gasteiger partial charge in [-0.25, -0.2) is 4.98 Å². The molecule has 0 bridgehead atoms. The molecule has 0 fully saturated rings. The maximum atomic E-state index is 11.2. The number of hydrogen-bond donors (Lipinski definition) is 2. The number of nitrogens with zero attached hydrogens (tertiary/aromatic N) is 2. The van der Waals surface area contributed by atoms with Crippen LogP contribution < -0.4 is 11.1 Å². The lowest BCUT2D eigenvalue weighted by Gasteiger charge is -2.05. The smallest absolute Gasteiger partial charge is 0.238 e. The average molecular weight is 305 g/mol. The number of hydrogen-bond acceptors (Lipinski definition) is 3. The van der Waals surface area contributed by atoms with E-state index in [9.17, 15) is 4.79 Å². The Morgan fingerprint density at radius 2 is 2.11 bits per heavy atom. The number of imidazole rings is 1. The Bertz CT molecular complexity index is 568. The van der Waals surface area contributed by atoms with Crippen molar-refractivity contribution < 1.29 is 4.79 Å². The van der Waals surface area contributed by atoms with Gasteiger partial charge < -0.3 is 15.5 Å². The molecule has 0 saturated carbocycles. The Kier molecular flexibility index (Phi) is 6.83. The van der Waals surface area contributed by atoms with Gasteiger partial charge in [0, 0.05) is 11.9 Å². The zero-order valence-corrected chi connectivity index (χ0v) is 12.5. The SMILES string of the molecule is CCc1c(C)nc2ccc(NC(=O)CN)cn12.Cl.Cl. The van der Waals surface area contributed by atoms with Crippen LogP contribution in [0.25, 0.3) is 5.65 Å². The van der Waals surface area contributed by atoms with Gasteiger partial charge in [-0.2, -0.15) is 0 Å². The summed E-state index contributed by atoms with van der Waals surface area (Å²) in [5, 5.41) is 2.73. The fraction of sp³-hybridized carbons (Fsp3) is 0.333. The minimum atomic E-state index is -0.195. The molecule has 0 spiro atoms. The van der Waals surface area contributed by atoms with Crippen LogP contribution in [0.2, 0.25) is 0 Å². The summed E-state index contributed by atoms with van der Waals surface area (Å²) in [5.74, 6) is -0.195. The Morgan fingerprint density at radius 3 is 2.68 bits per heavy atom. The van der Waals surface area contributed by atoms with E-state index in [1.165, 1.54) is 0 Å². The van der Waals surface area contributed by atoms with E-state index in [-0.39, 0.29) is 37.3 Å². The predicted octanol–water partition coefficient (Wildman–Crippen LogP) is 1.95. The van der Waals surface area contributed by atoms with Crippen molar-refractivity contribution in [1.82, 2.24) is 9.38 Å². The quantitative estimate of drug-likeness (QED) is 0.910. The summed E-state index contributed by atoms with van der Waals surface area (Å²) < 4.78 is 2.00. The summed E-state index contributed by atoms with van der Waals surface area (Å²) in [5.41, 5.74) is 9.07. The molecule has 0 radical (unpaired) electrons. The van der Waals surface area contributed by atoms with E-state index >= 15 is 0 Å². The monoisotopic (exact) mass is 304 g/mol. The van der Waals surface area contributed by atoms with Gasteiger partial charge in [-0.05, 0) is 25.5 Å². The lowest BCUT2D eigenvalue weighted by atomic mass is 10.3. The molecule has 1 amide bonds. The summed E-state index contributed by atoms with van der Waals surface area (Å²) >= 11 is 0. The van der Waals surface area contributed by atoms with Gasteiger partial charge in [0.05, 0.1) is 17.9 Å². The first-order chi connectivity index (χ1) is 8.15. The van der Waals surface area contributed by atoms with E-state index in [1.54, 1.807) is 0 Å². The highest BCUT2D eigenvalue weighted by molar-refractivity contribution is 5.92. The molecule has 0 saturated heterocycles. The van der Waals surface area contributed by atoms with Gasteiger partial charge in [-0.15, -0.1) is 24.8 Å². The second kappa shape index (κ2) is 7.33. The molecule has 5 nitrogen and oxygen atoms in total. The summed E-state index contributed by atoms with van der Waals surface area (Å²) in [6.45, 7) is 4.06. The minimum Gasteiger partial charge on any atom is -0.324 e. The van der Waals surface area contributed by atoms with E-state index in [2.05, 4.69) is 17.2 Å². The number of anilines is 1. The third-order valence-corrected chi connectivity index (χ3v) is 2.72. The third-order valence-electron chi connectivity index (χ3n) is 2.72. The minimum absolute atomic E-state index is 0. The van der Waals surface area contributed by atoms with Gasteiger partial charge in [0.1, 0.15) is 5.65 Å². The average Bonchev–Trinajstić information content (AvgIpc) is 2.63. The molecule has 0 aliphatic carbocycles. The van der Waals surface area contributed by atoms with Crippen molar-refractivity contribution in [2.24, 2.45) is 5.73 Å². The van der Waals surface area contributed by atoms with Crippen molar-refractivity contribution in [1.29, 1.82) is 0 Å². The van der Waals surface area contributed by atoms with Gasteiger partial charge >= 0.3 is 0 Å². The number of carbonyl (C=O) groups excluding carboxylic acids is 1. The van der Waals surface area contributed by atoms with Gasteiger partial charge in [-0.3, -0.25) is 4.79 Å². The number of aryl methyl sites for hydroxylation is 2. The van der Waals surface area contributed by atoms with Gasteiger partial charge in [0.2, 0.25) is 5.91 Å². The summed E-state index contributed by atoms with van der Waals surface area (Å²) in [4.78, 5) is 15.7. The topological polar surface area (TPSA) is 72.4 Å².